The highest BCUT2D eigenvalue weighted by atomic mass is 16.2. The number of H-pyrrole nitrogens is 2. The van der Waals surface area contributed by atoms with Crippen LogP contribution < -0.4 is 16.8 Å². The molecule has 7 nitrogen and oxygen atoms in total. The van der Waals surface area contributed by atoms with Crippen LogP contribution >= 0.6 is 0 Å². The molecule has 1 aromatic heterocycles. The molecule has 2 N–H and O–H groups in total. The minimum absolute atomic E-state index is 0.340. The van der Waals surface area contributed by atoms with E-state index in [0.717, 1.165) is 24.2 Å². The van der Waals surface area contributed by atoms with Gasteiger partial charge in [0.05, 0.1) is 6.54 Å². The number of benzene rings is 1. The van der Waals surface area contributed by atoms with Gasteiger partial charge in [0.2, 0.25) is 0 Å². The van der Waals surface area contributed by atoms with Crippen LogP contribution in [0.2, 0.25) is 0 Å². The Morgan fingerprint density at radius 3 is 2.57 bits per heavy atom. The molecule has 0 fully saturated rings. The van der Waals surface area contributed by atoms with Crippen molar-refractivity contribution in [3.05, 3.63) is 66.6 Å². The van der Waals surface area contributed by atoms with Crippen LogP contribution in [0.15, 0.2) is 38.6 Å². The van der Waals surface area contributed by atoms with Gasteiger partial charge in [0.25, 0.3) is 0 Å². The fourth-order valence-electron chi connectivity index (χ4n) is 2.59. The monoisotopic (exact) mass is 288 g/mol. The number of nitrogens with one attached hydrogen (secondary N) is 2. The smallest absolute Gasteiger partial charge is 0.297 e. The number of nitrogens with zero attached hydrogens (tertiary/aromatic N) is 2. The van der Waals surface area contributed by atoms with Crippen LogP contribution in [-0.4, -0.2) is 32.8 Å². The molecule has 110 valence electrons. The second-order valence-corrected chi connectivity index (χ2v) is 5.15. The van der Waals surface area contributed by atoms with E-state index in [1.54, 1.807) is 0 Å². The third-order valence-corrected chi connectivity index (χ3v) is 3.76. The number of fused-ring (bicyclic) bond motifs is 1. The zero-order valence-electron chi connectivity index (χ0n) is 11.5. The topological polar surface area (TPSA) is 91.0 Å². The molecule has 0 spiro atoms. The molecule has 21 heavy (non-hydrogen) atoms. The first-order chi connectivity index (χ1) is 10.1. The largest absolute Gasteiger partial charge is 0.343 e. The first-order valence-corrected chi connectivity index (χ1v) is 6.86. The van der Waals surface area contributed by atoms with E-state index >= 15 is 0 Å². The fourth-order valence-corrected chi connectivity index (χ4v) is 2.59. The third kappa shape index (κ3) is 2.87. The predicted molar refractivity (Wildman–Crippen MR) is 77.4 cm³/mol. The van der Waals surface area contributed by atoms with Gasteiger partial charge in [-0.3, -0.25) is 24.6 Å². The summed E-state index contributed by atoms with van der Waals surface area (Å²) in [6.45, 7) is 2.72. The molecule has 2 heterocycles. The molecule has 0 radical (unpaired) electrons. The SMILES string of the molecule is O=c1[nH]c(=O)n(CCN2CCc3ccccc3C2)[nH]c1=O. The summed E-state index contributed by atoms with van der Waals surface area (Å²) >= 11 is 0. The molecule has 0 saturated carbocycles. The highest BCUT2D eigenvalue weighted by molar-refractivity contribution is 5.28. The van der Waals surface area contributed by atoms with Crippen LogP contribution in [0, 0.1) is 0 Å². The minimum atomic E-state index is -0.914. The lowest BCUT2D eigenvalue weighted by molar-refractivity contribution is 0.237. The number of hydrogen-bond acceptors (Lipinski definition) is 4. The lowest BCUT2D eigenvalue weighted by atomic mass is 10.00. The molecule has 0 bridgehead atoms. The van der Waals surface area contributed by atoms with Crippen molar-refractivity contribution in [3.8, 4) is 0 Å². The van der Waals surface area contributed by atoms with Crippen LogP contribution in [-0.2, 0) is 19.5 Å². The van der Waals surface area contributed by atoms with Gasteiger partial charge in [-0.05, 0) is 17.5 Å². The van der Waals surface area contributed by atoms with E-state index in [2.05, 4.69) is 22.1 Å². The van der Waals surface area contributed by atoms with Gasteiger partial charge in [0.15, 0.2) is 0 Å². The summed E-state index contributed by atoms with van der Waals surface area (Å²) in [6, 6.07) is 8.30. The van der Waals surface area contributed by atoms with E-state index < -0.39 is 16.8 Å². The average Bonchev–Trinajstić information content (AvgIpc) is 2.49. The van der Waals surface area contributed by atoms with Crippen molar-refractivity contribution in [1.82, 2.24) is 19.7 Å². The maximum absolute atomic E-state index is 11.6. The van der Waals surface area contributed by atoms with E-state index in [1.165, 1.54) is 11.1 Å². The van der Waals surface area contributed by atoms with Gasteiger partial charge in [0.1, 0.15) is 0 Å². The third-order valence-electron chi connectivity index (χ3n) is 3.76. The van der Waals surface area contributed by atoms with E-state index in [0.29, 0.717) is 13.1 Å². The van der Waals surface area contributed by atoms with E-state index in [-0.39, 0.29) is 0 Å². The second kappa shape index (κ2) is 5.53. The quantitative estimate of drug-likeness (QED) is 0.730. The molecular weight excluding hydrogens is 272 g/mol. The average molecular weight is 288 g/mol. The predicted octanol–water partition coefficient (Wildman–Crippen LogP) is -0.717. The first-order valence-electron chi connectivity index (χ1n) is 6.86. The van der Waals surface area contributed by atoms with E-state index in [1.807, 2.05) is 17.1 Å². The second-order valence-electron chi connectivity index (χ2n) is 5.15. The molecule has 1 aromatic carbocycles. The summed E-state index contributed by atoms with van der Waals surface area (Å²) < 4.78 is 1.14. The summed E-state index contributed by atoms with van der Waals surface area (Å²) in [4.78, 5) is 38.0. The van der Waals surface area contributed by atoms with Gasteiger partial charge in [0, 0.05) is 19.6 Å². The maximum atomic E-state index is 11.6. The number of hydrogen-bond donors (Lipinski definition) is 2. The molecular formula is C14H16N4O3. The van der Waals surface area contributed by atoms with Crippen LogP contribution in [0.3, 0.4) is 0 Å². The van der Waals surface area contributed by atoms with Crippen LogP contribution in [0.1, 0.15) is 11.1 Å². The summed E-state index contributed by atoms with van der Waals surface area (Å²) in [5.41, 5.74) is 0.355. The molecule has 0 amide bonds. The van der Waals surface area contributed by atoms with Crippen LogP contribution in [0.4, 0.5) is 0 Å². The number of aromatic nitrogens is 3. The molecule has 3 rings (SSSR count). The summed E-state index contributed by atoms with van der Waals surface area (Å²) in [5, 5.41) is 2.28. The first kappa shape index (κ1) is 13.6. The molecule has 0 aliphatic carbocycles. The van der Waals surface area contributed by atoms with Gasteiger partial charge < -0.3 is 0 Å². The Bertz CT molecular complexity index is 818. The standard InChI is InChI=1S/C14H16N4O3/c19-12-13(20)16-18(14(21)15-12)8-7-17-6-5-10-3-1-2-4-11(10)9-17/h1-4H,5-9H2,(H,16,20)(H,15,19,21). The van der Waals surface area contributed by atoms with Crippen molar-refractivity contribution in [2.75, 3.05) is 13.1 Å². The molecule has 0 saturated heterocycles. The Labute approximate surface area is 119 Å². The Morgan fingerprint density at radius 1 is 1.00 bits per heavy atom. The zero-order valence-corrected chi connectivity index (χ0v) is 11.5. The Hall–Kier alpha value is -2.41. The van der Waals surface area contributed by atoms with Crippen molar-refractivity contribution in [2.24, 2.45) is 0 Å². The van der Waals surface area contributed by atoms with E-state index in [4.69, 9.17) is 0 Å². The maximum Gasteiger partial charge on any atom is 0.343 e. The molecule has 1 aliphatic rings. The minimum Gasteiger partial charge on any atom is -0.297 e. The number of aromatic amines is 2. The van der Waals surface area contributed by atoms with Gasteiger partial charge in [-0.25, -0.2) is 9.48 Å². The fraction of sp³-hybridized carbons (Fsp3) is 0.357. The highest BCUT2D eigenvalue weighted by Crippen LogP contribution is 2.17. The highest BCUT2D eigenvalue weighted by Gasteiger charge is 2.15. The normalized spacial score (nSPS) is 14.9. The van der Waals surface area contributed by atoms with E-state index in [9.17, 15) is 14.4 Å². The van der Waals surface area contributed by atoms with Crippen molar-refractivity contribution < 1.29 is 0 Å². The summed E-state index contributed by atoms with van der Waals surface area (Å²) in [5.74, 6) is 0. The lowest BCUT2D eigenvalue weighted by Gasteiger charge is -2.28. The molecule has 7 heteroatoms. The molecule has 1 aliphatic heterocycles. The van der Waals surface area contributed by atoms with Crippen LogP contribution in [0.25, 0.3) is 0 Å². The molecule has 0 unspecified atom stereocenters. The number of rotatable bonds is 3. The Morgan fingerprint density at radius 2 is 1.76 bits per heavy atom. The molecule has 0 atom stereocenters. The van der Waals surface area contributed by atoms with Crippen molar-refractivity contribution >= 4 is 0 Å². The van der Waals surface area contributed by atoms with Crippen molar-refractivity contribution in [1.29, 1.82) is 0 Å². The van der Waals surface area contributed by atoms with Crippen LogP contribution in [0.5, 0.6) is 0 Å². The Balaban J connectivity index is 1.70. The molecule has 2 aromatic rings. The van der Waals surface area contributed by atoms with Crippen molar-refractivity contribution in [3.63, 3.8) is 0 Å². The lowest BCUT2D eigenvalue weighted by Crippen LogP contribution is -2.44. The van der Waals surface area contributed by atoms with Gasteiger partial charge in [-0.2, -0.15) is 0 Å². The summed E-state index contributed by atoms with van der Waals surface area (Å²) in [7, 11) is 0. The van der Waals surface area contributed by atoms with Gasteiger partial charge in [-0.15, -0.1) is 0 Å². The van der Waals surface area contributed by atoms with Gasteiger partial charge in [-0.1, -0.05) is 24.3 Å². The van der Waals surface area contributed by atoms with Crippen molar-refractivity contribution in [2.45, 2.75) is 19.5 Å². The Kier molecular flexibility index (Phi) is 3.57. The van der Waals surface area contributed by atoms with Gasteiger partial charge >= 0.3 is 16.8 Å². The zero-order chi connectivity index (χ0) is 14.8. The summed E-state index contributed by atoms with van der Waals surface area (Å²) in [6.07, 6.45) is 0.979.